The quantitative estimate of drug-likeness (QED) is 0.834. The SMILES string of the molecule is CCCC(CNCC)N1CCN(c2cccc(Cl)c2)CC1. The molecule has 0 radical (unpaired) electrons. The van der Waals surface area contributed by atoms with Gasteiger partial charge in [-0.15, -0.1) is 0 Å². The lowest BCUT2D eigenvalue weighted by Crippen LogP contribution is -2.53. The van der Waals surface area contributed by atoms with Crippen molar-refractivity contribution >= 4 is 17.3 Å². The lowest BCUT2D eigenvalue weighted by atomic mass is 10.1. The van der Waals surface area contributed by atoms with Crippen LogP contribution in [-0.2, 0) is 0 Å². The molecule has 0 aliphatic carbocycles. The summed E-state index contributed by atoms with van der Waals surface area (Å²) in [4.78, 5) is 5.09. The molecule has 0 aromatic heterocycles. The van der Waals surface area contributed by atoms with Crippen LogP contribution in [0.4, 0.5) is 5.69 Å². The Morgan fingerprint density at radius 3 is 2.57 bits per heavy atom. The summed E-state index contributed by atoms with van der Waals surface area (Å²) >= 11 is 6.10. The zero-order valence-electron chi connectivity index (χ0n) is 13.3. The molecule has 0 amide bonds. The topological polar surface area (TPSA) is 18.5 Å². The molecule has 1 atom stereocenters. The van der Waals surface area contributed by atoms with E-state index in [-0.39, 0.29) is 0 Å². The van der Waals surface area contributed by atoms with Crippen LogP contribution in [0, 0.1) is 0 Å². The van der Waals surface area contributed by atoms with Crippen molar-refractivity contribution in [3.05, 3.63) is 29.3 Å². The summed E-state index contributed by atoms with van der Waals surface area (Å²) in [6.45, 7) is 11.1. The molecule has 1 heterocycles. The van der Waals surface area contributed by atoms with Gasteiger partial charge in [-0.05, 0) is 31.2 Å². The van der Waals surface area contributed by atoms with Crippen molar-refractivity contribution in [2.75, 3.05) is 44.2 Å². The van der Waals surface area contributed by atoms with Gasteiger partial charge in [0.15, 0.2) is 0 Å². The molecule has 2 rings (SSSR count). The van der Waals surface area contributed by atoms with Gasteiger partial charge in [-0.2, -0.15) is 0 Å². The number of nitrogens with one attached hydrogen (secondary N) is 1. The van der Waals surface area contributed by atoms with Crippen molar-refractivity contribution in [2.45, 2.75) is 32.7 Å². The lowest BCUT2D eigenvalue weighted by molar-refractivity contribution is 0.172. The molecule has 3 nitrogen and oxygen atoms in total. The van der Waals surface area contributed by atoms with Gasteiger partial charge < -0.3 is 10.2 Å². The lowest BCUT2D eigenvalue weighted by Gasteiger charge is -2.40. The Balaban J connectivity index is 1.89. The van der Waals surface area contributed by atoms with E-state index in [1.165, 1.54) is 18.5 Å². The molecule has 0 spiro atoms. The second kappa shape index (κ2) is 8.62. The Morgan fingerprint density at radius 1 is 1.19 bits per heavy atom. The third-order valence-electron chi connectivity index (χ3n) is 4.26. The van der Waals surface area contributed by atoms with Gasteiger partial charge in [0.2, 0.25) is 0 Å². The van der Waals surface area contributed by atoms with Crippen LogP contribution < -0.4 is 10.2 Å². The number of likely N-dealkylation sites (N-methyl/N-ethyl adjacent to an activating group) is 1. The van der Waals surface area contributed by atoms with Crippen LogP contribution in [0.2, 0.25) is 5.02 Å². The second-order valence-electron chi connectivity index (χ2n) is 5.75. The van der Waals surface area contributed by atoms with Crippen LogP contribution in [0.3, 0.4) is 0 Å². The normalized spacial score (nSPS) is 18.0. The molecule has 1 aromatic rings. The largest absolute Gasteiger partial charge is 0.369 e. The Morgan fingerprint density at radius 2 is 1.95 bits per heavy atom. The molecule has 1 saturated heterocycles. The number of nitrogens with zero attached hydrogens (tertiary/aromatic N) is 2. The minimum Gasteiger partial charge on any atom is -0.369 e. The number of hydrogen-bond donors (Lipinski definition) is 1. The van der Waals surface area contributed by atoms with E-state index in [1.54, 1.807) is 0 Å². The molecule has 0 saturated carbocycles. The average molecular weight is 310 g/mol. The molecule has 1 unspecified atom stereocenters. The van der Waals surface area contributed by atoms with Crippen LogP contribution in [0.1, 0.15) is 26.7 Å². The molecule has 1 aromatic carbocycles. The number of rotatable bonds is 7. The van der Waals surface area contributed by atoms with E-state index in [4.69, 9.17) is 11.6 Å². The third kappa shape index (κ3) is 4.87. The molecule has 1 N–H and O–H groups in total. The van der Waals surface area contributed by atoms with Gasteiger partial charge in [-0.1, -0.05) is 37.9 Å². The Kier molecular flexibility index (Phi) is 6.81. The standard InChI is InChI=1S/C17H28ClN3/c1-3-6-17(14-19-4-2)21-11-9-20(10-12-21)16-8-5-7-15(18)13-16/h5,7-8,13,17,19H,3-4,6,9-12,14H2,1-2H3. The number of hydrogen-bond acceptors (Lipinski definition) is 3. The minimum absolute atomic E-state index is 0.677. The Hall–Kier alpha value is -0.770. The summed E-state index contributed by atoms with van der Waals surface area (Å²) < 4.78 is 0. The van der Waals surface area contributed by atoms with Gasteiger partial charge in [0, 0.05) is 49.5 Å². The van der Waals surface area contributed by atoms with Crippen LogP contribution in [0.5, 0.6) is 0 Å². The maximum absolute atomic E-state index is 6.10. The molecule has 21 heavy (non-hydrogen) atoms. The molecule has 0 bridgehead atoms. The van der Waals surface area contributed by atoms with E-state index >= 15 is 0 Å². The molecule has 118 valence electrons. The van der Waals surface area contributed by atoms with Gasteiger partial charge in [-0.3, -0.25) is 4.90 Å². The van der Waals surface area contributed by atoms with E-state index in [9.17, 15) is 0 Å². The average Bonchev–Trinajstić information content (AvgIpc) is 2.52. The Bertz CT molecular complexity index is 416. The van der Waals surface area contributed by atoms with E-state index in [0.29, 0.717) is 6.04 Å². The van der Waals surface area contributed by atoms with E-state index in [2.05, 4.69) is 41.1 Å². The van der Waals surface area contributed by atoms with Crippen molar-refractivity contribution in [1.82, 2.24) is 10.2 Å². The first-order chi connectivity index (χ1) is 10.2. The number of halogens is 1. The highest BCUT2D eigenvalue weighted by atomic mass is 35.5. The van der Waals surface area contributed by atoms with Crippen LogP contribution in [-0.4, -0.2) is 50.2 Å². The predicted molar refractivity (Wildman–Crippen MR) is 92.5 cm³/mol. The second-order valence-corrected chi connectivity index (χ2v) is 6.19. The first-order valence-electron chi connectivity index (χ1n) is 8.19. The molecule has 1 aliphatic heterocycles. The number of piperazine rings is 1. The smallest absolute Gasteiger partial charge is 0.0426 e. The fourth-order valence-corrected chi connectivity index (χ4v) is 3.26. The molecule has 1 aliphatic rings. The first kappa shape index (κ1) is 16.6. The third-order valence-corrected chi connectivity index (χ3v) is 4.49. The van der Waals surface area contributed by atoms with Crippen molar-refractivity contribution in [2.24, 2.45) is 0 Å². The van der Waals surface area contributed by atoms with Crippen molar-refractivity contribution in [3.8, 4) is 0 Å². The number of benzene rings is 1. The summed E-state index contributed by atoms with van der Waals surface area (Å²) in [5, 5.41) is 4.33. The van der Waals surface area contributed by atoms with Crippen molar-refractivity contribution in [1.29, 1.82) is 0 Å². The molecular formula is C17H28ClN3. The van der Waals surface area contributed by atoms with Gasteiger partial charge in [-0.25, -0.2) is 0 Å². The first-order valence-corrected chi connectivity index (χ1v) is 8.57. The van der Waals surface area contributed by atoms with E-state index < -0.39 is 0 Å². The van der Waals surface area contributed by atoms with E-state index in [1.807, 2.05) is 12.1 Å². The summed E-state index contributed by atoms with van der Waals surface area (Å²) in [7, 11) is 0. The van der Waals surface area contributed by atoms with Crippen LogP contribution in [0.15, 0.2) is 24.3 Å². The molecule has 1 fully saturated rings. The van der Waals surface area contributed by atoms with Crippen molar-refractivity contribution in [3.63, 3.8) is 0 Å². The fraction of sp³-hybridized carbons (Fsp3) is 0.647. The highest BCUT2D eigenvalue weighted by molar-refractivity contribution is 6.30. The van der Waals surface area contributed by atoms with E-state index in [0.717, 1.165) is 44.3 Å². The molecular weight excluding hydrogens is 282 g/mol. The molecule has 4 heteroatoms. The van der Waals surface area contributed by atoms with Crippen LogP contribution in [0.25, 0.3) is 0 Å². The van der Waals surface area contributed by atoms with Crippen LogP contribution >= 0.6 is 11.6 Å². The maximum Gasteiger partial charge on any atom is 0.0426 e. The van der Waals surface area contributed by atoms with Crippen molar-refractivity contribution < 1.29 is 0 Å². The summed E-state index contributed by atoms with van der Waals surface area (Å²) in [5.41, 5.74) is 1.25. The highest BCUT2D eigenvalue weighted by Crippen LogP contribution is 2.21. The van der Waals surface area contributed by atoms with Gasteiger partial charge in [0.1, 0.15) is 0 Å². The summed E-state index contributed by atoms with van der Waals surface area (Å²) in [6, 6.07) is 8.88. The number of anilines is 1. The Labute approximate surface area is 134 Å². The van der Waals surface area contributed by atoms with Gasteiger partial charge in [0.05, 0.1) is 0 Å². The van der Waals surface area contributed by atoms with Gasteiger partial charge >= 0.3 is 0 Å². The zero-order valence-corrected chi connectivity index (χ0v) is 14.1. The zero-order chi connectivity index (χ0) is 15.1. The minimum atomic E-state index is 0.677. The monoisotopic (exact) mass is 309 g/mol. The highest BCUT2D eigenvalue weighted by Gasteiger charge is 2.23. The maximum atomic E-state index is 6.10. The van der Waals surface area contributed by atoms with Gasteiger partial charge in [0.25, 0.3) is 0 Å². The predicted octanol–water partition coefficient (Wildman–Crippen LogP) is 3.24. The fourth-order valence-electron chi connectivity index (χ4n) is 3.08. The summed E-state index contributed by atoms with van der Waals surface area (Å²) in [5.74, 6) is 0. The summed E-state index contributed by atoms with van der Waals surface area (Å²) in [6.07, 6.45) is 2.54.